The normalized spacial score (nSPS) is 14.4. The Morgan fingerprint density at radius 3 is 2.56 bits per heavy atom. The molecule has 1 aromatic rings. The zero-order chi connectivity index (χ0) is 13.9. The summed E-state index contributed by atoms with van der Waals surface area (Å²) >= 11 is 6.25. The Kier molecular flexibility index (Phi) is 5.45. The van der Waals surface area contributed by atoms with Crippen molar-refractivity contribution in [3.05, 3.63) is 27.8 Å². The van der Waals surface area contributed by atoms with E-state index in [-0.39, 0.29) is 6.04 Å². The SMILES string of the molecule is COc1cc(C)c(Cl)c(C)c1CCC(O)C(C)N. The van der Waals surface area contributed by atoms with Crippen LogP contribution < -0.4 is 10.5 Å². The van der Waals surface area contributed by atoms with Crippen LogP contribution in [0.4, 0.5) is 0 Å². The largest absolute Gasteiger partial charge is 0.496 e. The maximum atomic E-state index is 9.77. The van der Waals surface area contributed by atoms with E-state index in [0.29, 0.717) is 12.8 Å². The Morgan fingerprint density at radius 1 is 1.44 bits per heavy atom. The first-order valence-electron chi connectivity index (χ1n) is 6.14. The molecule has 0 bridgehead atoms. The third kappa shape index (κ3) is 3.37. The van der Waals surface area contributed by atoms with Crippen molar-refractivity contribution in [1.29, 1.82) is 0 Å². The van der Waals surface area contributed by atoms with Gasteiger partial charge in [-0.2, -0.15) is 0 Å². The van der Waals surface area contributed by atoms with Gasteiger partial charge < -0.3 is 15.6 Å². The summed E-state index contributed by atoms with van der Waals surface area (Å²) in [5.74, 6) is 0.825. The van der Waals surface area contributed by atoms with E-state index in [9.17, 15) is 5.11 Å². The molecule has 0 aromatic heterocycles. The van der Waals surface area contributed by atoms with E-state index in [1.54, 1.807) is 14.0 Å². The zero-order valence-corrected chi connectivity index (χ0v) is 12.2. The molecule has 3 N–H and O–H groups in total. The highest BCUT2D eigenvalue weighted by Gasteiger charge is 2.15. The van der Waals surface area contributed by atoms with Crippen LogP contribution in [0.3, 0.4) is 0 Å². The van der Waals surface area contributed by atoms with E-state index in [4.69, 9.17) is 22.1 Å². The summed E-state index contributed by atoms with van der Waals surface area (Å²) < 4.78 is 5.38. The standard InChI is InChI=1S/C14H22ClNO2/c1-8-7-13(18-4)11(9(2)14(8)15)5-6-12(17)10(3)16/h7,10,12,17H,5-6,16H2,1-4H3. The Bertz CT molecular complexity index is 419. The van der Waals surface area contributed by atoms with Crippen molar-refractivity contribution in [3.8, 4) is 5.75 Å². The molecule has 0 spiro atoms. The number of rotatable bonds is 5. The number of aryl methyl sites for hydroxylation is 1. The van der Waals surface area contributed by atoms with Gasteiger partial charge in [-0.25, -0.2) is 0 Å². The fourth-order valence-electron chi connectivity index (χ4n) is 2.01. The summed E-state index contributed by atoms with van der Waals surface area (Å²) in [5, 5.41) is 10.5. The summed E-state index contributed by atoms with van der Waals surface area (Å²) in [5.41, 5.74) is 8.73. The van der Waals surface area contributed by atoms with Gasteiger partial charge in [-0.3, -0.25) is 0 Å². The minimum atomic E-state index is -0.505. The molecule has 1 aromatic carbocycles. The van der Waals surface area contributed by atoms with Crippen molar-refractivity contribution in [1.82, 2.24) is 0 Å². The van der Waals surface area contributed by atoms with Crippen molar-refractivity contribution in [2.45, 2.75) is 45.8 Å². The second kappa shape index (κ2) is 6.41. The van der Waals surface area contributed by atoms with Crippen LogP contribution in [0.2, 0.25) is 5.02 Å². The highest BCUT2D eigenvalue weighted by molar-refractivity contribution is 6.32. The summed E-state index contributed by atoms with van der Waals surface area (Å²) in [6.45, 7) is 5.74. The summed E-state index contributed by atoms with van der Waals surface area (Å²) in [6, 6.07) is 1.71. The molecule has 0 aliphatic heterocycles. The lowest BCUT2D eigenvalue weighted by molar-refractivity contribution is 0.141. The van der Waals surface area contributed by atoms with Crippen molar-refractivity contribution < 1.29 is 9.84 Å². The van der Waals surface area contributed by atoms with Gasteiger partial charge in [-0.05, 0) is 56.4 Å². The van der Waals surface area contributed by atoms with Crippen molar-refractivity contribution >= 4 is 11.6 Å². The lowest BCUT2D eigenvalue weighted by Gasteiger charge is -2.18. The lowest BCUT2D eigenvalue weighted by Crippen LogP contribution is -2.31. The molecule has 102 valence electrons. The summed E-state index contributed by atoms with van der Waals surface area (Å²) in [6.07, 6.45) is 0.806. The van der Waals surface area contributed by atoms with Gasteiger partial charge in [0.15, 0.2) is 0 Å². The smallest absolute Gasteiger partial charge is 0.122 e. The number of aliphatic hydroxyl groups excluding tert-OH is 1. The number of benzene rings is 1. The van der Waals surface area contributed by atoms with Crippen LogP contribution in [0.5, 0.6) is 5.75 Å². The van der Waals surface area contributed by atoms with Gasteiger partial charge in [0, 0.05) is 11.1 Å². The molecule has 18 heavy (non-hydrogen) atoms. The second-order valence-electron chi connectivity index (χ2n) is 4.78. The van der Waals surface area contributed by atoms with Gasteiger partial charge >= 0.3 is 0 Å². The maximum absolute atomic E-state index is 9.77. The molecular formula is C14H22ClNO2. The highest BCUT2D eigenvalue weighted by atomic mass is 35.5. The Morgan fingerprint density at radius 2 is 2.06 bits per heavy atom. The number of hydrogen-bond donors (Lipinski definition) is 2. The molecule has 3 nitrogen and oxygen atoms in total. The minimum Gasteiger partial charge on any atom is -0.496 e. The lowest BCUT2D eigenvalue weighted by atomic mass is 9.97. The van der Waals surface area contributed by atoms with Crippen molar-refractivity contribution in [2.24, 2.45) is 5.73 Å². The van der Waals surface area contributed by atoms with E-state index in [0.717, 1.165) is 27.5 Å². The second-order valence-corrected chi connectivity index (χ2v) is 5.16. The molecule has 2 atom stereocenters. The molecule has 0 aliphatic carbocycles. The minimum absolute atomic E-state index is 0.225. The molecule has 2 unspecified atom stereocenters. The predicted octanol–water partition coefficient (Wildman–Crippen LogP) is 2.61. The average molecular weight is 272 g/mol. The highest BCUT2D eigenvalue weighted by Crippen LogP contribution is 2.32. The van der Waals surface area contributed by atoms with E-state index < -0.39 is 6.10 Å². The molecule has 0 fully saturated rings. The van der Waals surface area contributed by atoms with E-state index >= 15 is 0 Å². The third-order valence-electron chi connectivity index (χ3n) is 3.29. The van der Waals surface area contributed by atoms with Gasteiger partial charge in [-0.1, -0.05) is 11.6 Å². The predicted molar refractivity (Wildman–Crippen MR) is 75.5 cm³/mol. The molecule has 0 saturated heterocycles. The molecule has 0 radical (unpaired) electrons. The van der Waals surface area contributed by atoms with Crippen LogP contribution in [0.15, 0.2) is 6.07 Å². The summed E-state index contributed by atoms with van der Waals surface area (Å²) in [4.78, 5) is 0. The van der Waals surface area contributed by atoms with E-state index in [2.05, 4.69) is 0 Å². The maximum Gasteiger partial charge on any atom is 0.122 e. The molecule has 4 heteroatoms. The van der Waals surface area contributed by atoms with Gasteiger partial charge in [0.1, 0.15) is 5.75 Å². The fourth-order valence-corrected chi connectivity index (χ4v) is 2.18. The molecule has 0 heterocycles. The monoisotopic (exact) mass is 271 g/mol. The molecule has 0 saturated carbocycles. The van der Waals surface area contributed by atoms with Gasteiger partial charge in [-0.15, -0.1) is 0 Å². The number of hydrogen-bond acceptors (Lipinski definition) is 3. The summed E-state index contributed by atoms with van der Waals surface area (Å²) in [7, 11) is 1.65. The van der Waals surface area contributed by atoms with E-state index in [1.807, 2.05) is 19.9 Å². The topological polar surface area (TPSA) is 55.5 Å². The molecule has 1 rings (SSSR count). The van der Waals surface area contributed by atoms with E-state index in [1.165, 1.54) is 0 Å². The van der Waals surface area contributed by atoms with Gasteiger partial charge in [0.05, 0.1) is 13.2 Å². The van der Waals surface area contributed by atoms with Crippen LogP contribution in [0.25, 0.3) is 0 Å². The van der Waals surface area contributed by atoms with Gasteiger partial charge in [0.2, 0.25) is 0 Å². The number of methoxy groups -OCH3 is 1. The first-order valence-corrected chi connectivity index (χ1v) is 6.52. The van der Waals surface area contributed by atoms with Crippen LogP contribution >= 0.6 is 11.6 Å². The van der Waals surface area contributed by atoms with Crippen LogP contribution in [0, 0.1) is 13.8 Å². The zero-order valence-electron chi connectivity index (χ0n) is 11.5. The third-order valence-corrected chi connectivity index (χ3v) is 3.87. The van der Waals surface area contributed by atoms with Crippen LogP contribution in [-0.2, 0) is 6.42 Å². The quantitative estimate of drug-likeness (QED) is 0.866. The number of aliphatic hydroxyl groups is 1. The molecule has 0 aliphatic rings. The van der Waals surface area contributed by atoms with Crippen LogP contribution in [-0.4, -0.2) is 24.4 Å². The Hall–Kier alpha value is -0.770. The Balaban J connectivity index is 2.97. The van der Waals surface area contributed by atoms with Crippen LogP contribution in [0.1, 0.15) is 30.0 Å². The van der Waals surface area contributed by atoms with Crippen molar-refractivity contribution in [3.63, 3.8) is 0 Å². The fraction of sp³-hybridized carbons (Fsp3) is 0.571. The molecule has 0 amide bonds. The molecular weight excluding hydrogens is 250 g/mol. The first-order chi connectivity index (χ1) is 8.38. The first kappa shape index (κ1) is 15.3. The number of halogens is 1. The Labute approximate surface area is 114 Å². The number of ether oxygens (including phenoxy) is 1. The van der Waals surface area contributed by atoms with Crippen molar-refractivity contribution in [2.75, 3.05) is 7.11 Å². The van der Waals surface area contributed by atoms with Gasteiger partial charge in [0.25, 0.3) is 0 Å². The average Bonchev–Trinajstić information content (AvgIpc) is 2.33. The number of nitrogens with two attached hydrogens (primary N) is 1.